The molecule has 1 aliphatic heterocycles. The number of carbonyl (C=O) groups excluding carboxylic acids is 1. The number of fused-ring (bicyclic) bond motifs is 1. The second-order valence-electron chi connectivity index (χ2n) is 5.83. The molecule has 1 N–H and O–H groups in total. The normalized spacial score (nSPS) is 18.3. The Kier molecular flexibility index (Phi) is 4.43. The van der Waals surface area contributed by atoms with Crippen molar-refractivity contribution < 1.29 is 9.53 Å². The Bertz CT molecular complexity index is 665. The van der Waals surface area contributed by atoms with Gasteiger partial charge in [-0.05, 0) is 44.4 Å². The van der Waals surface area contributed by atoms with Gasteiger partial charge >= 0.3 is 0 Å². The largest absolute Gasteiger partial charge is 0.381 e. The summed E-state index contributed by atoms with van der Waals surface area (Å²) in [6, 6.07) is 6.26. The highest BCUT2D eigenvalue weighted by Crippen LogP contribution is 2.32. The van der Waals surface area contributed by atoms with E-state index in [1.165, 1.54) is 5.56 Å². The molecule has 0 aliphatic carbocycles. The topological polar surface area (TPSA) is 58.2 Å². The summed E-state index contributed by atoms with van der Waals surface area (Å²) in [5.41, 5.74) is 3.22. The number of aromatic amines is 1. The summed E-state index contributed by atoms with van der Waals surface area (Å²) in [6.45, 7) is 5.97. The molecule has 1 unspecified atom stereocenters. The SMILES string of the molecule is CCOCCC(=O)N1CCCC1c1nc2ccc(C)cc2[nH]1. The maximum Gasteiger partial charge on any atom is 0.225 e. The molecule has 1 aromatic heterocycles. The van der Waals surface area contributed by atoms with Crippen LogP contribution < -0.4 is 0 Å². The van der Waals surface area contributed by atoms with Gasteiger partial charge < -0.3 is 14.6 Å². The minimum atomic E-state index is 0.0711. The van der Waals surface area contributed by atoms with Crippen molar-refractivity contribution in [2.24, 2.45) is 0 Å². The zero-order chi connectivity index (χ0) is 15.5. The molecule has 0 radical (unpaired) electrons. The molecular weight excluding hydrogens is 278 g/mol. The molecule has 1 saturated heterocycles. The predicted molar refractivity (Wildman–Crippen MR) is 85.6 cm³/mol. The molecule has 0 bridgehead atoms. The van der Waals surface area contributed by atoms with Crippen molar-refractivity contribution in [3.63, 3.8) is 0 Å². The number of H-pyrrole nitrogens is 1. The first-order valence-electron chi connectivity index (χ1n) is 8.02. The summed E-state index contributed by atoms with van der Waals surface area (Å²) in [4.78, 5) is 22.4. The quantitative estimate of drug-likeness (QED) is 0.864. The fraction of sp³-hybridized carbons (Fsp3) is 0.529. The van der Waals surface area contributed by atoms with Crippen molar-refractivity contribution in [1.29, 1.82) is 0 Å². The Morgan fingerprint density at radius 1 is 1.50 bits per heavy atom. The fourth-order valence-corrected chi connectivity index (χ4v) is 3.10. The molecule has 1 amide bonds. The second-order valence-corrected chi connectivity index (χ2v) is 5.83. The summed E-state index contributed by atoms with van der Waals surface area (Å²) in [5, 5.41) is 0. The van der Waals surface area contributed by atoms with Crippen LogP contribution in [0.3, 0.4) is 0 Å². The Morgan fingerprint density at radius 2 is 2.36 bits per heavy atom. The van der Waals surface area contributed by atoms with Gasteiger partial charge in [0.1, 0.15) is 5.82 Å². The van der Waals surface area contributed by atoms with Crippen LogP contribution in [0.25, 0.3) is 11.0 Å². The zero-order valence-corrected chi connectivity index (χ0v) is 13.3. The van der Waals surface area contributed by atoms with Crippen molar-refractivity contribution in [3.05, 3.63) is 29.6 Å². The number of nitrogens with zero attached hydrogens (tertiary/aromatic N) is 2. The van der Waals surface area contributed by atoms with Gasteiger partial charge in [-0.15, -0.1) is 0 Å². The predicted octanol–water partition coefficient (Wildman–Crippen LogP) is 2.96. The molecule has 1 aliphatic rings. The van der Waals surface area contributed by atoms with Gasteiger partial charge in [0, 0.05) is 13.2 Å². The Balaban J connectivity index is 1.77. The van der Waals surface area contributed by atoms with Gasteiger partial charge in [-0.1, -0.05) is 6.07 Å². The third-order valence-electron chi connectivity index (χ3n) is 4.21. The maximum atomic E-state index is 12.4. The average molecular weight is 301 g/mol. The standard InChI is InChI=1S/C17H23N3O2/c1-3-22-10-8-16(21)20-9-4-5-15(20)17-18-13-7-6-12(2)11-14(13)19-17/h6-7,11,15H,3-5,8-10H2,1-2H3,(H,18,19). The first-order chi connectivity index (χ1) is 10.7. The third-order valence-corrected chi connectivity index (χ3v) is 4.21. The second kappa shape index (κ2) is 6.48. The van der Waals surface area contributed by atoms with Gasteiger partial charge in [0.25, 0.3) is 0 Å². The van der Waals surface area contributed by atoms with Gasteiger partial charge in [-0.2, -0.15) is 0 Å². The first kappa shape index (κ1) is 15.0. The number of ether oxygens (including phenoxy) is 1. The van der Waals surface area contributed by atoms with Crippen molar-refractivity contribution in [2.75, 3.05) is 19.8 Å². The smallest absolute Gasteiger partial charge is 0.225 e. The van der Waals surface area contributed by atoms with Crippen LogP contribution in [0.2, 0.25) is 0 Å². The van der Waals surface area contributed by atoms with Gasteiger partial charge in [0.05, 0.1) is 30.1 Å². The molecule has 3 rings (SSSR count). The number of nitrogens with one attached hydrogen (secondary N) is 1. The minimum Gasteiger partial charge on any atom is -0.381 e. The average Bonchev–Trinajstić information content (AvgIpc) is 3.12. The van der Waals surface area contributed by atoms with E-state index in [4.69, 9.17) is 4.74 Å². The lowest BCUT2D eigenvalue weighted by molar-refractivity contribution is -0.133. The minimum absolute atomic E-state index is 0.0711. The number of rotatable bonds is 5. The number of amides is 1. The van der Waals surface area contributed by atoms with Gasteiger partial charge in [0.15, 0.2) is 0 Å². The van der Waals surface area contributed by atoms with Crippen LogP contribution in [0.5, 0.6) is 0 Å². The highest BCUT2D eigenvalue weighted by Gasteiger charge is 2.31. The van der Waals surface area contributed by atoms with E-state index in [1.807, 2.05) is 17.9 Å². The van der Waals surface area contributed by atoms with E-state index in [0.29, 0.717) is 19.6 Å². The molecule has 0 spiro atoms. The Hall–Kier alpha value is -1.88. The fourth-order valence-electron chi connectivity index (χ4n) is 3.10. The summed E-state index contributed by atoms with van der Waals surface area (Å²) in [5.74, 6) is 1.07. The van der Waals surface area contributed by atoms with E-state index < -0.39 is 0 Å². The first-order valence-corrected chi connectivity index (χ1v) is 8.02. The van der Waals surface area contributed by atoms with Crippen LogP contribution in [-0.2, 0) is 9.53 Å². The number of likely N-dealkylation sites (tertiary alicyclic amines) is 1. The highest BCUT2D eigenvalue weighted by atomic mass is 16.5. The van der Waals surface area contributed by atoms with Crippen LogP contribution in [0.15, 0.2) is 18.2 Å². The molecule has 2 aromatic rings. The maximum absolute atomic E-state index is 12.4. The summed E-state index contributed by atoms with van der Waals surface area (Å²) in [7, 11) is 0. The monoisotopic (exact) mass is 301 g/mol. The number of aryl methyl sites for hydroxylation is 1. The molecule has 5 nitrogen and oxygen atoms in total. The number of imidazole rings is 1. The lowest BCUT2D eigenvalue weighted by Gasteiger charge is -2.23. The lowest BCUT2D eigenvalue weighted by Crippen LogP contribution is -2.31. The third kappa shape index (κ3) is 2.99. The van der Waals surface area contributed by atoms with Crippen LogP contribution in [0.1, 0.15) is 43.6 Å². The molecule has 5 heteroatoms. The molecule has 1 fully saturated rings. The van der Waals surface area contributed by atoms with Crippen molar-refractivity contribution in [2.45, 2.75) is 39.2 Å². The van der Waals surface area contributed by atoms with E-state index in [0.717, 1.165) is 36.2 Å². The highest BCUT2D eigenvalue weighted by molar-refractivity contribution is 5.78. The van der Waals surface area contributed by atoms with Crippen LogP contribution in [-0.4, -0.2) is 40.5 Å². The van der Waals surface area contributed by atoms with E-state index in [-0.39, 0.29) is 11.9 Å². The van der Waals surface area contributed by atoms with Crippen LogP contribution in [0, 0.1) is 6.92 Å². The molecule has 2 heterocycles. The number of benzene rings is 1. The number of hydrogen-bond acceptors (Lipinski definition) is 3. The van der Waals surface area contributed by atoms with Gasteiger partial charge in [-0.25, -0.2) is 4.98 Å². The van der Waals surface area contributed by atoms with Crippen molar-refractivity contribution in [1.82, 2.24) is 14.9 Å². The molecule has 1 atom stereocenters. The van der Waals surface area contributed by atoms with E-state index >= 15 is 0 Å². The van der Waals surface area contributed by atoms with E-state index in [1.54, 1.807) is 0 Å². The number of aromatic nitrogens is 2. The van der Waals surface area contributed by atoms with E-state index in [9.17, 15) is 4.79 Å². The van der Waals surface area contributed by atoms with Gasteiger partial charge in [0.2, 0.25) is 5.91 Å². The number of hydrogen-bond donors (Lipinski definition) is 1. The van der Waals surface area contributed by atoms with Crippen LogP contribution >= 0.6 is 0 Å². The van der Waals surface area contributed by atoms with Gasteiger partial charge in [-0.3, -0.25) is 4.79 Å². The molecular formula is C17H23N3O2. The molecule has 118 valence electrons. The number of carbonyl (C=O) groups is 1. The Morgan fingerprint density at radius 3 is 3.18 bits per heavy atom. The summed E-state index contributed by atoms with van der Waals surface area (Å²) in [6.07, 6.45) is 2.45. The molecule has 22 heavy (non-hydrogen) atoms. The summed E-state index contributed by atoms with van der Waals surface area (Å²) < 4.78 is 5.29. The van der Waals surface area contributed by atoms with Crippen molar-refractivity contribution >= 4 is 16.9 Å². The van der Waals surface area contributed by atoms with Crippen molar-refractivity contribution in [3.8, 4) is 0 Å². The molecule has 0 saturated carbocycles. The lowest BCUT2D eigenvalue weighted by atomic mass is 10.2. The van der Waals surface area contributed by atoms with E-state index in [2.05, 4.69) is 29.0 Å². The Labute approximate surface area is 130 Å². The van der Waals surface area contributed by atoms with Crippen LogP contribution in [0.4, 0.5) is 0 Å². The zero-order valence-electron chi connectivity index (χ0n) is 13.3. The summed E-state index contributed by atoms with van der Waals surface area (Å²) >= 11 is 0. The molecule has 1 aromatic carbocycles.